The number of morpholine rings is 1. The van der Waals surface area contributed by atoms with Crippen molar-refractivity contribution in [2.75, 3.05) is 37.8 Å². The number of nitrogens with zero attached hydrogens (tertiary/aromatic N) is 4. The summed E-state index contributed by atoms with van der Waals surface area (Å²) in [6, 6.07) is 3.45. The molecule has 0 aliphatic carbocycles. The van der Waals surface area contributed by atoms with Crippen molar-refractivity contribution in [3.8, 4) is 6.07 Å². The summed E-state index contributed by atoms with van der Waals surface area (Å²) in [6.07, 6.45) is 3.75. The number of halogens is 1. The van der Waals surface area contributed by atoms with Crippen molar-refractivity contribution >= 4 is 47.4 Å². The van der Waals surface area contributed by atoms with Crippen LogP contribution in [0.2, 0.25) is 25.7 Å². The number of ether oxygens (including phenoxy) is 2. The van der Waals surface area contributed by atoms with Crippen molar-refractivity contribution in [2.45, 2.75) is 32.4 Å². The highest BCUT2D eigenvalue weighted by Gasteiger charge is 2.22. The van der Waals surface area contributed by atoms with E-state index in [9.17, 15) is 5.26 Å². The molecule has 0 atom stereocenters. The molecule has 1 saturated heterocycles. The third-order valence-electron chi connectivity index (χ3n) is 4.49. The summed E-state index contributed by atoms with van der Waals surface area (Å²) in [4.78, 5) is 6.80. The topological polar surface area (TPSA) is 63.3 Å². The largest absolute Gasteiger partial charge is 0.378 e. The molecule has 0 aromatic carbocycles. The third kappa shape index (κ3) is 4.39. The quantitative estimate of drug-likeness (QED) is 0.356. The van der Waals surface area contributed by atoms with Crippen LogP contribution in [-0.4, -0.2) is 50.5 Å². The number of hydrogen-bond donors (Lipinski definition) is 0. The van der Waals surface area contributed by atoms with Crippen molar-refractivity contribution in [3.63, 3.8) is 0 Å². The number of rotatable bonds is 6. The van der Waals surface area contributed by atoms with Crippen molar-refractivity contribution in [1.29, 1.82) is 5.26 Å². The van der Waals surface area contributed by atoms with Gasteiger partial charge in [0.05, 0.1) is 29.9 Å². The van der Waals surface area contributed by atoms with Crippen LogP contribution in [0.15, 0.2) is 12.4 Å². The van der Waals surface area contributed by atoms with E-state index in [0.29, 0.717) is 25.5 Å². The van der Waals surface area contributed by atoms with Crippen LogP contribution in [0.4, 0.5) is 5.69 Å². The predicted octanol–water partition coefficient (Wildman–Crippen LogP) is 3.66. The Morgan fingerprint density at radius 1 is 1.35 bits per heavy atom. The first kappa shape index (κ1) is 19.6. The van der Waals surface area contributed by atoms with E-state index in [1.165, 1.54) is 0 Å². The van der Waals surface area contributed by atoms with Crippen molar-refractivity contribution < 1.29 is 9.47 Å². The number of aromatic nitrogens is 2. The van der Waals surface area contributed by atoms with E-state index in [-0.39, 0.29) is 0 Å². The molecule has 6 nitrogen and oxygen atoms in total. The Balaban J connectivity index is 1.90. The molecule has 0 N–H and O–H groups in total. The fraction of sp³-hybridized carbons (Fsp3) is 0.556. The van der Waals surface area contributed by atoms with Gasteiger partial charge in [0.1, 0.15) is 18.4 Å². The lowest BCUT2D eigenvalue weighted by Crippen LogP contribution is -2.36. The molecule has 0 spiro atoms. The van der Waals surface area contributed by atoms with E-state index in [2.05, 4.69) is 64.4 Å². The first-order chi connectivity index (χ1) is 12.4. The van der Waals surface area contributed by atoms with Gasteiger partial charge in [-0.05, 0) is 28.6 Å². The SMILES string of the molecule is C[Si](C)(C)CCOCn1cc(I)c2c(N3CCOCC3)c(C#N)cnc21. The average Bonchev–Trinajstić information content (AvgIpc) is 2.94. The number of fused-ring (bicyclic) bond motifs is 1. The second-order valence-corrected chi connectivity index (χ2v) is 14.5. The van der Waals surface area contributed by atoms with Crippen molar-refractivity contribution in [2.24, 2.45) is 0 Å². The normalized spacial score (nSPS) is 15.4. The van der Waals surface area contributed by atoms with Crippen molar-refractivity contribution in [1.82, 2.24) is 9.55 Å². The molecular formula is C18H25IN4O2Si. The Kier molecular flexibility index (Phi) is 6.22. The summed E-state index contributed by atoms with van der Waals surface area (Å²) in [6.45, 7) is 11.3. The number of pyridine rings is 1. The zero-order valence-electron chi connectivity index (χ0n) is 15.6. The highest BCUT2D eigenvalue weighted by atomic mass is 127. The maximum absolute atomic E-state index is 9.58. The second kappa shape index (κ2) is 8.25. The summed E-state index contributed by atoms with van der Waals surface area (Å²) in [5.41, 5.74) is 2.48. The second-order valence-electron chi connectivity index (χ2n) is 7.73. The molecule has 0 bridgehead atoms. The lowest BCUT2D eigenvalue weighted by atomic mass is 10.1. The molecule has 1 fully saturated rings. The van der Waals surface area contributed by atoms with Gasteiger partial charge >= 0.3 is 0 Å². The smallest absolute Gasteiger partial charge is 0.145 e. The highest BCUT2D eigenvalue weighted by molar-refractivity contribution is 14.1. The Morgan fingerprint density at radius 2 is 2.08 bits per heavy atom. The summed E-state index contributed by atoms with van der Waals surface area (Å²) in [5, 5.41) is 10.6. The molecule has 0 unspecified atom stereocenters. The molecule has 2 aromatic heterocycles. The molecule has 0 radical (unpaired) electrons. The van der Waals surface area contributed by atoms with Gasteiger partial charge in [0.15, 0.2) is 0 Å². The van der Waals surface area contributed by atoms with Crippen LogP contribution in [0.25, 0.3) is 11.0 Å². The van der Waals surface area contributed by atoms with Gasteiger partial charge in [-0.1, -0.05) is 19.6 Å². The minimum atomic E-state index is -1.09. The molecule has 26 heavy (non-hydrogen) atoms. The molecule has 2 aromatic rings. The summed E-state index contributed by atoms with van der Waals surface area (Å²) < 4.78 is 14.5. The Labute approximate surface area is 169 Å². The Bertz CT molecular complexity index is 819. The first-order valence-electron chi connectivity index (χ1n) is 8.88. The van der Waals surface area contributed by atoms with Gasteiger partial charge in [-0.15, -0.1) is 0 Å². The van der Waals surface area contributed by atoms with Gasteiger partial charge in [-0.25, -0.2) is 4.98 Å². The molecule has 3 rings (SSSR count). The Morgan fingerprint density at radius 3 is 2.73 bits per heavy atom. The van der Waals surface area contributed by atoms with E-state index in [4.69, 9.17) is 9.47 Å². The van der Waals surface area contributed by atoms with Crippen LogP contribution in [0, 0.1) is 14.9 Å². The van der Waals surface area contributed by atoms with E-state index < -0.39 is 8.07 Å². The van der Waals surface area contributed by atoms with Crippen LogP contribution in [0.5, 0.6) is 0 Å². The number of hydrogen-bond acceptors (Lipinski definition) is 5. The Hall–Kier alpha value is -1.15. The van der Waals surface area contributed by atoms with E-state index in [1.807, 2.05) is 4.57 Å². The lowest BCUT2D eigenvalue weighted by molar-refractivity contribution is 0.0898. The lowest BCUT2D eigenvalue weighted by Gasteiger charge is -2.30. The van der Waals surface area contributed by atoms with Gasteiger partial charge in [0.25, 0.3) is 0 Å². The summed E-state index contributed by atoms with van der Waals surface area (Å²) in [7, 11) is -1.09. The zero-order chi connectivity index (χ0) is 18.7. The fourth-order valence-electron chi connectivity index (χ4n) is 3.03. The average molecular weight is 484 g/mol. The standard InChI is InChI=1S/C18H25IN4O2Si/c1-26(2,3)9-8-25-13-23-12-15(19)16-17(22-4-6-24-7-5-22)14(10-20)11-21-18(16)23/h11-12H,4-9,13H2,1-3H3. The van der Waals surface area contributed by atoms with Crippen LogP contribution in [0.3, 0.4) is 0 Å². The van der Waals surface area contributed by atoms with E-state index in [1.54, 1.807) is 6.20 Å². The summed E-state index contributed by atoms with van der Waals surface area (Å²) >= 11 is 2.33. The van der Waals surface area contributed by atoms with Crippen molar-refractivity contribution in [3.05, 3.63) is 21.5 Å². The fourth-order valence-corrected chi connectivity index (χ4v) is 4.62. The van der Waals surface area contributed by atoms with Gasteiger partial charge in [-0.2, -0.15) is 5.26 Å². The molecule has 3 heterocycles. The van der Waals surface area contributed by atoms with Gasteiger partial charge in [0, 0.05) is 43.7 Å². The van der Waals surface area contributed by atoms with Crippen LogP contribution >= 0.6 is 22.6 Å². The molecule has 1 aliphatic rings. The maximum atomic E-state index is 9.58. The van der Waals surface area contributed by atoms with E-state index >= 15 is 0 Å². The van der Waals surface area contributed by atoms with Gasteiger partial charge in [0.2, 0.25) is 0 Å². The molecule has 0 saturated carbocycles. The first-order valence-corrected chi connectivity index (χ1v) is 13.7. The molecular weight excluding hydrogens is 459 g/mol. The van der Waals surface area contributed by atoms with Crippen LogP contribution in [-0.2, 0) is 16.2 Å². The molecule has 1 aliphatic heterocycles. The zero-order valence-corrected chi connectivity index (χ0v) is 18.7. The third-order valence-corrected chi connectivity index (χ3v) is 7.01. The highest BCUT2D eigenvalue weighted by Crippen LogP contribution is 2.34. The predicted molar refractivity (Wildman–Crippen MR) is 114 cm³/mol. The molecule has 0 amide bonds. The minimum absolute atomic E-state index is 0.492. The molecule has 8 heteroatoms. The number of nitriles is 1. The van der Waals surface area contributed by atoms with Gasteiger partial charge in [-0.3, -0.25) is 0 Å². The van der Waals surface area contributed by atoms with Crippen LogP contribution in [0.1, 0.15) is 5.56 Å². The number of anilines is 1. The van der Waals surface area contributed by atoms with Gasteiger partial charge < -0.3 is 18.9 Å². The van der Waals surface area contributed by atoms with Crippen LogP contribution < -0.4 is 4.90 Å². The van der Waals surface area contributed by atoms with E-state index in [0.717, 1.165) is 46.0 Å². The minimum Gasteiger partial charge on any atom is -0.378 e. The molecule has 140 valence electrons. The monoisotopic (exact) mass is 484 g/mol. The summed E-state index contributed by atoms with van der Waals surface area (Å²) in [5.74, 6) is 0. The maximum Gasteiger partial charge on any atom is 0.145 e.